The Balaban J connectivity index is 2.50. The first-order chi connectivity index (χ1) is 7.80. The van der Waals surface area contributed by atoms with Crippen molar-refractivity contribution in [2.45, 2.75) is 32.7 Å². The minimum Gasteiger partial charge on any atom is -0.459 e. The Morgan fingerprint density at radius 1 is 1.31 bits per heavy atom. The molecule has 1 heterocycles. The van der Waals surface area contributed by atoms with E-state index in [0.29, 0.717) is 6.04 Å². The van der Waals surface area contributed by atoms with Crippen molar-refractivity contribution >= 4 is 11.0 Å². The molecule has 2 nitrogen and oxygen atoms in total. The lowest BCUT2D eigenvalue weighted by molar-refractivity contribution is 0.443. The summed E-state index contributed by atoms with van der Waals surface area (Å²) < 4.78 is 5.97. The van der Waals surface area contributed by atoms with E-state index in [2.05, 4.69) is 43.4 Å². The second-order valence-corrected chi connectivity index (χ2v) is 4.09. The lowest BCUT2D eigenvalue weighted by atomic mass is 10.1. The van der Waals surface area contributed by atoms with Gasteiger partial charge in [-0.15, -0.1) is 0 Å². The molecule has 1 N–H and O–H groups in total. The number of hydrogen-bond acceptors (Lipinski definition) is 2. The molecule has 16 heavy (non-hydrogen) atoms. The maximum Gasteiger partial charge on any atom is 0.137 e. The van der Waals surface area contributed by atoms with Crippen molar-refractivity contribution in [2.75, 3.05) is 7.05 Å². The van der Waals surface area contributed by atoms with Crippen molar-refractivity contribution in [2.24, 2.45) is 0 Å². The first kappa shape index (κ1) is 11.2. The standard InChI is InChI=1S/C14H19NO/c1-4-10-7-6-8-11-9-13(16-14(10)11)12(5-2)15-3/h6-9,12,15H,4-5H2,1-3H3. The number of rotatable bonds is 4. The van der Waals surface area contributed by atoms with Crippen LogP contribution in [0.15, 0.2) is 28.7 Å². The molecule has 1 aromatic carbocycles. The van der Waals surface area contributed by atoms with E-state index in [-0.39, 0.29) is 0 Å². The molecule has 0 bridgehead atoms. The normalized spacial score (nSPS) is 13.2. The van der Waals surface area contributed by atoms with Gasteiger partial charge in [-0.05, 0) is 31.5 Å². The number of hydrogen-bond donors (Lipinski definition) is 1. The molecule has 0 spiro atoms. The molecule has 0 saturated carbocycles. The molecule has 0 saturated heterocycles. The number of furan rings is 1. The number of benzene rings is 1. The molecular weight excluding hydrogens is 198 g/mol. The minimum atomic E-state index is 0.317. The van der Waals surface area contributed by atoms with Crippen LogP contribution in [0.3, 0.4) is 0 Å². The van der Waals surface area contributed by atoms with Gasteiger partial charge in [0.25, 0.3) is 0 Å². The fourth-order valence-electron chi connectivity index (χ4n) is 2.14. The zero-order valence-electron chi connectivity index (χ0n) is 10.2. The zero-order chi connectivity index (χ0) is 11.5. The van der Waals surface area contributed by atoms with Crippen LogP contribution in [0.4, 0.5) is 0 Å². The lowest BCUT2D eigenvalue weighted by Gasteiger charge is -2.09. The molecular formula is C14H19NO. The van der Waals surface area contributed by atoms with Crippen LogP contribution in [0.5, 0.6) is 0 Å². The smallest absolute Gasteiger partial charge is 0.137 e. The van der Waals surface area contributed by atoms with Crippen molar-refractivity contribution in [1.29, 1.82) is 0 Å². The number of para-hydroxylation sites is 1. The van der Waals surface area contributed by atoms with Gasteiger partial charge in [-0.2, -0.15) is 0 Å². The van der Waals surface area contributed by atoms with Gasteiger partial charge in [0, 0.05) is 5.39 Å². The molecule has 0 aliphatic rings. The summed E-state index contributed by atoms with van der Waals surface area (Å²) in [5.74, 6) is 1.04. The summed E-state index contributed by atoms with van der Waals surface area (Å²) in [7, 11) is 1.97. The van der Waals surface area contributed by atoms with Crippen LogP contribution in [-0.4, -0.2) is 7.05 Å². The third kappa shape index (κ3) is 1.85. The molecule has 1 atom stereocenters. The van der Waals surface area contributed by atoms with Crippen LogP contribution in [0, 0.1) is 0 Å². The first-order valence-corrected chi connectivity index (χ1v) is 5.98. The summed E-state index contributed by atoms with van der Waals surface area (Å²) in [6, 6.07) is 8.82. The predicted molar refractivity (Wildman–Crippen MR) is 67.7 cm³/mol. The van der Waals surface area contributed by atoms with Crippen LogP contribution in [0.25, 0.3) is 11.0 Å². The van der Waals surface area contributed by atoms with Crippen molar-refractivity contribution in [1.82, 2.24) is 5.32 Å². The van der Waals surface area contributed by atoms with Gasteiger partial charge in [0.05, 0.1) is 6.04 Å². The fourth-order valence-corrected chi connectivity index (χ4v) is 2.14. The average Bonchev–Trinajstić information content (AvgIpc) is 2.73. The second kappa shape index (κ2) is 4.71. The summed E-state index contributed by atoms with van der Waals surface area (Å²) in [5.41, 5.74) is 2.34. The number of fused-ring (bicyclic) bond motifs is 1. The van der Waals surface area contributed by atoms with Gasteiger partial charge in [-0.3, -0.25) is 0 Å². The van der Waals surface area contributed by atoms with Crippen LogP contribution in [0.1, 0.15) is 37.6 Å². The summed E-state index contributed by atoms with van der Waals surface area (Å²) in [6.07, 6.45) is 2.05. The highest BCUT2D eigenvalue weighted by atomic mass is 16.3. The van der Waals surface area contributed by atoms with Gasteiger partial charge in [0.15, 0.2) is 0 Å². The Morgan fingerprint density at radius 2 is 2.12 bits per heavy atom. The van der Waals surface area contributed by atoms with Crippen LogP contribution < -0.4 is 5.32 Å². The molecule has 2 heteroatoms. The molecule has 1 aromatic heterocycles. The molecule has 0 aliphatic carbocycles. The Morgan fingerprint density at radius 3 is 2.75 bits per heavy atom. The third-order valence-electron chi connectivity index (χ3n) is 3.13. The van der Waals surface area contributed by atoms with E-state index in [4.69, 9.17) is 4.42 Å². The largest absolute Gasteiger partial charge is 0.459 e. The Bertz CT molecular complexity index is 469. The van der Waals surface area contributed by atoms with Crippen LogP contribution >= 0.6 is 0 Å². The molecule has 0 amide bonds. The van der Waals surface area contributed by atoms with Crippen LogP contribution in [-0.2, 0) is 6.42 Å². The molecule has 2 aromatic rings. The van der Waals surface area contributed by atoms with Gasteiger partial charge in [-0.25, -0.2) is 0 Å². The van der Waals surface area contributed by atoms with Crippen molar-refractivity contribution < 1.29 is 4.42 Å². The van der Waals surface area contributed by atoms with Gasteiger partial charge in [0.1, 0.15) is 11.3 Å². The maximum atomic E-state index is 5.97. The SMILES string of the molecule is CCc1cccc2cc(C(CC)NC)oc12. The number of nitrogens with one attached hydrogen (secondary N) is 1. The first-order valence-electron chi connectivity index (χ1n) is 5.98. The van der Waals surface area contributed by atoms with E-state index in [1.807, 2.05) is 7.05 Å². The maximum absolute atomic E-state index is 5.97. The molecule has 2 rings (SSSR count). The van der Waals surface area contributed by atoms with Crippen molar-refractivity contribution in [3.63, 3.8) is 0 Å². The van der Waals surface area contributed by atoms with Gasteiger partial charge in [0.2, 0.25) is 0 Å². The summed E-state index contributed by atoms with van der Waals surface area (Å²) in [6.45, 7) is 4.32. The fraction of sp³-hybridized carbons (Fsp3) is 0.429. The van der Waals surface area contributed by atoms with Gasteiger partial charge in [-0.1, -0.05) is 32.0 Å². The van der Waals surface area contributed by atoms with Crippen molar-refractivity contribution in [3.05, 3.63) is 35.6 Å². The molecule has 1 unspecified atom stereocenters. The molecule has 86 valence electrons. The second-order valence-electron chi connectivity index (χ2n) is 4.09. The summed E-state index contributed by atoms with van der Waals surface area (Å²) in [4.78, 5) is 0. The minimum absolute atomic E-state index is 0.317. The highest BCUT2D eigenvalue weighted by molar-refractivity contribution is 5.81. The van der Waals surface area contributed by atoms with Gasteiger partial charge < -0.3 is 9.73 Å². The Kier molecular flexibility index (Phi) is 3.30. The topological polar surface area (TPSA) is 25.2 Å². The van der Waals surface area contributed by atoms with E-state index in [1.54, 1.807) is 0 Å². The van der Waals surface area contributed by atoms with Crippen molar-refractivity contribution in [3.8, 4) is 0 Å². The third-order valence-corrected chi connectivity index (χ3v) is 3.13. The Labute approximate surface area is 96.6 Å². The van der Waals surface area contributed by atoms with E-state index in [1.165, 1.54) is 10.9 Å². The van der Waals surface area contributed by atoms with E-state index >= 15 is 0 Å². The molecule has 0 radical (unpaired) electrons. The highest BCUT2D eigenvalue weighted by Gasteiger charge is 2.13. The highest BCUT2D eigenvalue weighted by Crippen LogP contribution is 2.28. The van der Waals surface area contributed by atoms with E-state index in [0.717, 1.165) is 24.2 Å². The van der Waals surface area contributed by atoms with Gasteiger partial charge >= 0.3 is 0 Å². The summed E-state index contributed by atoms with van der Waals surface area (Å²) >= 11 is 0. The predicted octanol–water partition coefficient (Wildman–Crippen LogP) is 3.67. The zero-order valence-corrected chi connectivity index (χ0v) is 10.2. The summed E-state index contributed by atoms with van der Waals surface area (Å²) in [5, 5.41) is 4.48. The van der Waals surface area contributed by atoms with E-state index in [9.17, 15) is 0 Å². The Hall–Kier alpha value is -1.28. The molecule has 0 fully saturated rings. The number of aryl methyl sites for hydroxylation is 1. The lowest BCUT2D eigenvalue weighted by Crippen LogP contribution is -2.14. The molecule has 0 aliphatic heterocycles. The average molecular weight is 217 g/mol. The van der Waals surface area contributed by atoms with E-state index < -0.39 is 0 Å². The quantitative estimate of drug-likeness (QED) is 0.845. The van der Waals surface area contributed by atoms with Crippen LogP contribution in [0.2, 0.25) is 0 Å². The monoisotopic (exact) mass is 217 g/mol.